The maximum Gasteiger partial charge on any atom is 0.248 e. The molecule has 0 spiro atoms. The summed E-state index contributed by atoms with van der Waals surface area (Å²) in [5.74, 6) is -0.395. The summed E-state index contributed by atoms with van der Waals surface area (Å²) in [6, 6.07) is 7.83. The van der Waals surface area contributed by atoms with E-state index in [-0.39, 0.29) is 0 Å². The molecule has 0 radical (unpaired) electrons. The van der Waals surface area contributed by atoms with Gasteiger partial charge in [0.2, 0.25) is 5.91 Å². The third-order valence-electron chi connectivity index (χ3n) is 4.37. The number of rotatable bonds is 4. The maximum atomic E-state index is 11.4. The van der Waals surface area contributed by atoms with Gasteiger partial charge < -0.3 is 11.1 Å². The minimum absolute atomic E-state index is 0.395. The fourth-order valence-corrected chi connectivity index (χ4v) is 3.33. The number of hydrogen-bond donors (Lipinski definition) is 2. The molecule has 0 bridgehead atoms. The van der Waals surface area contributed by atoms with Crippen molar-refractivity contribution in [1.82, 2.24) is 4.98 Å². The van der Waals surface area contributed by atoms with Gasteiger partial charge in [-0.05, 0) is 80.5 Å². The molecular formula is C19H23N3O. The number of amides is 1. The van der Waals surface area contributed by atoms with E-state index in [0.717, 1.165) is 36.3 Å². The Hall–Kier alpha value is -2.36. The number of primary amides is 1. The lowest BCUT2D eigenvalue weighted by Crippen LogP contribution is -2.14. The third kappa shape index (κ3) is 3.52. The number of nitrogens with two attached hydrogens (primary N) is 1. The van der Waals surface area contributed by atoms with Gasteiger partial charge in [-0.1, -0.05) is 0 Å². The molecule has 4 nitrogen and oxygen atoms in total. The smallest absolute Gasteiger partial charge is 0.248 e. The number of nitrogens with zero attached hydrogens (tertiary/aromatic N) is 1. The Morgan fingerprint density at radius 3 is 2.74 bits per heavy atom. The van der Waals surface area contributed by atoms with Crippen molar-refractivity contribution in [1.29, 1.82) is 0 Å². The summed E-state index contributed by atoms with van der Waals surface area (Å²) in [5, 5.41) is 3.44. The Labute approximate surface area is 137 Å². The molecule has 2 aromatic rings. The number of pyridine rings is 1. The number of benzene rings is 1. The Kier molecular flexibility index (Phi) is 4.33. The first-order chi connectivity index (χ1) is 11.0. The molecule has 1 amide bonds. The standard InChI is InChI=1S/C19H23N3O/c1-12-7-14(19(20)23)10-16(8-12)21-11-15-9-13(2)22-18-6-4-3-5-17(15)18/h7-10,21H,3-6,11H2,1-2H3,(H2,20,23). The highest BCUT2D eigenvalue weighted by Crippen LogP contribution is 2.25. The molecular weight excluding hydrogens is 286 g/mol. The molecule has 120 valence electrons. The molecule has 1 heterocycles. The predicted octanol–water partition coefficient (Wildman–Crippen LogP) is 3.29. The van der Waals surface area contributed by atoms with E-state index in [1.54, 1.807) is 0 Å². The van der Waals surface area contributed by atoms with Crippen LogP contribution in [0.15, 0.2) is 24.3 Å². The quantitative estimate of drug-likeness (QED) is 0.910. The van der Waals surface area contributed by atoms with Crippen LogP contribution in [-0.4, -0.2) is 10.9 Å². The van der Waals surface area contributed by atoms with Gasteiger partial charge in [0.15, 0.2) is 0 Å². The van der Waals surface area contributed by atoms with Crippen molar-refractivity contribution >= 4 is 11.6 Å². The SMILES string of the molecule is Cc1cc(NCc2cc(C)nc3c2CCCC3)cc(C(N)=O)c1. The van der Waals surface area contributed by atoms with Crippen molar-refractivity contribution < 1.29 is 4.79 Å². The molecule has 1 aromatic carbocycles. The minimum atomic E-state index is -0.395. The highest BCUT2D eigenvalue weighted by Gasteiger charge is 2.15. The summed E-state index contributed by atoms with van der Waals surface area (Å²) in [6.45, 7) is 4.76. The van der Waals surface area contributed by atoms with Crippen molar-refractivity contribution in [2.75, 3.05) is 5.32 Å². The first-order valence-electron chi connectivity index (χ1n) is 8.16. The lowest BCUT2D eigenvalue weighted by molar-refractivity contribution is 0.1000. The van der Waals surface area contributed by atoms with Gasteiger partial charge in [0.1, 0.15) is 0 Å². The van der Waals surface area contributed by atoms with Crippen molar-refractivity contribution in [3.63, 3.8) is 0 Å². The third-order valence-corrected chi connectivity index (χ3v) is 4.37. The number of fused-ring (bicyclic) bond motifs is 1. The van der Waals surface area contributed by atoms with Crippen LogP contribution in [0.25, 0.3) is 0 Å². The van der Waals surface area contributed by atoms with Crippen molar-refractivity contribution in [3.05, 3.63) is 57.9 Å². The van der Waals surface area contributed by atoms with Gasteiger partial charge in [0.25, 0.3) is 0 Å². The van der Waals surface area contributed by atoms with Crippen LogP contribution in [-0.2, 0) is 19.4 Å². The number of anilines is 1. The molecule has 1 aliphatic carbocycles. The van der Waals surface area contributed by atoms with Gasteiger partial charge in [-0.2, -0.15) is 0 Å². The van der Waals surface area contributed by atoms with E-state index < -0.39 is 5.91 Å². The average Bonchev–Trinajstić information content (AvgIpc) is 2.52. The van der Waals surface area contributed by atoms with Crippen LogP contribution in [0.4, 0.5) is 5.69 Å². The summed E-state index contributed by atoms with van der Waals surface area (Å²) in [4.78, 5) is 16.1. The molecule has 0 saturated heterocycles. The zero-order valence-electron chi connectivity index (χ0n) is 13.8. The van der Waals surface area contributed by atoms with Crippen LogP contribution in [0.3, 0.4) is 0 Å². The van der Waals surface area contributed by atoms with E-state index >= 15 is 0 Å². The Balaban J connectivity index is 1.84. The van der Waals surface area contributed by atoms with Crippen molar-refractivity contribution in [2.24, 2.45) is 5.73 Å². The summed E-state index contributed by atoms with van der Waals surface area (Å²) < 4.78 is 0. The Morgan fingerprint density at radius 2 is 1.96 bits per heavy atom. The van der Waals surface area contributed by atoms with E-state index in [1.165, 1.54) is 29.7 Å². The number of nitrogens with one attached hydrogen (secondary N) is 1. The molecule has 0 fully saturated rings. The van der Waals surface area contributed by atoms with Gasteiger partial charge in [-0.3, -0.25) is 9.78 Å². The first-order valence-corrected chi connectivity index (χ1v) is 8.16. The second-order valence-corrected chi connectivity index (χ2v) is 6.36. The molecule has 1 aliphatic rings. The summed E-state index contributed by atoms with van der Waals surface area (Å²) in [6.07, 6.45) is 4.66. The lowest BCUT2D eigenvalue weighted by Gasteiger charge is -2.20. The van der Waals surface area contributed by atoms with E-state index in [1.807, 2.05) is 25.1 Å². The van der Waals surface area contributed by atoms with Gasteiger partial charge in [0.05, 0.1) is 0 Å². The topological polar surface area (TPSA) is 68.0 Å². The Morgan fingerprint density at radius 1 is 1.17 bits per heavy atom. The fourth-order valence-electron chi connectivity index (χ4n) is 3.33. The van der Waals surface area contributed by atoms with Gasteiger partial charge in [0, 0.05) is 29.2 Å². The largest absolute Gasteiger partial charge is 0.381 e. The predicted molar refractivity (Wildman–Crippen MR) is 92.6 cm³/mol. The number of carbonyl (C=O) groups excluding carboxylic acids is 1. The lowest BCUT2D eigenvalue weighted by atomic mass is 9.91. The van der Waals surface area contributed by atoms with Gasteiger partial charge in [-0.15, -0.1) is 0 Å². The molecule has 3 N–H and O–H groups in total. The number of aryl methyl sites for hydroxylation is 3. The second-order valence-electron chi connectivity index (χ2n) is 6.36. The molecule has 0 saturated carbocycles. The second kappa shape index (κ2) is 6.41. The van der Waals surface area contributed by atoms with Crippen LogP contribution < -0.4 is 11.1 Å². The van der Waals surface area contributed by atoms with Crippen molar-refractivity contribution in [3.8, 4) is 0 Å². The number of carbonyl (C=O) groups is 1. The normalized spacial score (nSPS) is 13.5. The van der Waals surface area contributed by atoms with E-state index in [0.29, 0.717) is 5.56 Å². The van der Waals surface area contributed by atoms with Crippen LogP contribution in [0.5, 0.6) is 0 Å². The van der Waals surface area contributed by atoms with E-state index in [4.69, 9.17) is 10.7 Å². The highest BCUT2D eigenvalue weighted by molar-refractivity contribution is 5.94. The molecule has 23 heavy (non-hydrogen) atoms. The molecule has 3 rings (SSSR count). The molecule has 0 aliphatic heterocycles. The van der Waals surface area contributed by atoms with Gasteiger partial charge in [-0.25, -0.2) is 0 Å². The zero-order chi connectivity index (χ0) is 16.4. The summed E-state index contributed by atoms with van der Waals surface area (Å²) in [5.41, 5.74) is 12.9. The van der Waals surface area contributed by atoms with Crippen molar-refractivity contribution in [2.45, 2.75) is 46.1 Å². The van der Waals surface area contributed by atoms with Crippen LogP contribution >= 0.6 is 0 Å². The molecule has 0 atom stereocenters. The van der Waals surface area contributed by atoms with Crippen LogP contribution in [0.1, 0.15) is 51.3 Å². The molecule has 1 aromatic heterocycles. The highest BCUT2D eigenvalue weighted by atomic mass is 16.1. The number of hydrogen-bond acceptors (Lipinski definition) is 3. The van der Waals surface area contributed by atoms with E-state index in [2.05, 4.69) is 18.3 Å². The first kappa shape index (κ1) is 15.5. The summed E-state index contributed by atoms with van der Waals surface area (Å²) in [7, 11) is 0. The zero-order valence-corrected chi connectivity index (χ0v) is 13.8. The average molecular weight is 309 g/mol. The number of aromatic nitrogens is 1. The molecule has 0 unspecified atom stereocenters. The fraction of sp³-hybridized carbons (Fsp3) is 0.368. The van der Waals surface area contributed by atoms with Gasteiger partial charge >= 0.3 is 0 Å². The monoisotopic (exact) mass is 309 g/mol. The summed E-state index contributed by atoms with van der Waals surface area (Å²) >= 11 is 0. The molecule has 4 heteroatoms. The Bertz CT molecular complexity index is 753. The minimum Gasteiger partial charge on any atom is -0.381 e. The van der Waals surface area contributed by atoms with E-state index in [9.17, 15) is 4.79 Å². The maximum absolute atomic E-state index is 11.4. The van der Waals surface area contributed by atoms with Crippen LogP contribution in [0, 0.1) is 13.8 Å². The van der Waals surface area contributed by atoms with Crippen LogP contribution in [0.2, 0.25) is 0 Å².